The Kier molecular flexibility index (Phi) is 8.87. The van der Waals surface area contributed by atoms with Gasteiger partial charge in [-0.25, -0.2) is 13.2 Å². The van der Waals surface area contributed by atoms with E-state index in [2.05, 4.69) is 31.0 Å². The molecule has 1 saturated heterocycles. The molecule has 1 aromatic rings. The maximum atomic E-state index is 12.8. The monoisotopic (exact) mass is 443 g/mol. The summed E-state index contributed by atoms with van der Waals surface area (Å²) in [6.07, 6.45) is 0.881. The maximum Gasteiger partial charge on any atom is 0.374 e. The summed E-state index contributed by atoms with van der Waals surface area (Å²) < 4.78 is 36.9. The van der Waals surface area contributed by atoms with Gasteiger partial charge in [0.2, 0.25) is 16.8 Å². The first-order valence-electron chi connectivity index (χ1n) is 10.5. The van der Waals surface area contributed by atoms with Crippen molar-refractivity contribution in [1.29, 1.82) is 0 Å². The summed E-state index contributed by atoms with van der Waals surface area (Å²) in [6, 6.07) is 2.80. The van der Waals surface area contributed by atoms with Crippen LogP contribution >= 0.6 is 0 Å². The number of nitrogens with one attached hydrogen (secondary N) is 1. The van der Waals surface area contributed by atoms with Crippen LogP contribution in [0.1, 0.15) is 51.1 Å². The van der Waals surface area contributed by atoms with Crippen LogP contribution in [0.2, 0.25) is 0 Å². The fourth-order valence-electron chi connectivity index (χ4n) is 3.62. The Labute approximate surface area is 178 Å². The van der Waals surface area contributed by atoms with Crippen molar-refractivity contribution in [3.8, 4) is 0 Å². The Bertz CT molecular complexity index is 810. The Morgan fingerprint density at radius 3 is 2.43 bits per heavy atom. The van der Waals surface area contributed by atoms with E-state index in [0.29, 0.717) is 19.4 Å². The number of piperidine rings is 1. The van der Waals surface area contributed by atoms with Gasteiger partial charge in [-0.15, -0.1) is 0 Å². The summed E-state index contributed by atoms with van der Waals surface area (Å²) in [5.41, 5.74) is 0. The van der Waals surface area contributed by atoms with Gasteiger partial charge in [-0.05, 0) is 51.9 Å². The second-order valence-corrected chi connectivity index (χ2v) is 9.20. The summed E-state index contributed by atoms with van der Waals surface area (Å²) in [4.78, 5) is 26.5. The Morgan fingerprint density at radius 2 is 1.87 bits per heavy atom. The zero-order chi connectivity index (χ0) is 22.3. The van der Waals surface area contributed by atoms with E-state index < -0.39 is 16.0 Å². The molecule has 1 aromatic heterocycles. The smallest absolute Gasteiger partial charge is 0.374 e. The number of carbonyl (C=O) groups excluding carboxylic acids is 2. The quantitative estimate of drug-likeness (QED) is 0.548. The molecule has 0 aliphatic carbocycles. The highest BCUT2D eigenvalue weighted by atomic mass is 32.2. The SMILES string of the molecule is CCOC(=O)c1ccc(S(=O)(=O)N2CCC(C(=O)NCC(C)N(CC)CC)CC2)o1. The third kappa shape index (κ3) is 5.83. The van der Waals surface area contributed by atoms with Crippen molar-refractivity contribution in [2.75, 3.05) is 39.3 Å². The molecule has 0 spiro atoms. The van der Waals surface area contributed by atoms with Crippen molar-refractivity contribution in [2.24, 2.45) is 5.92 Å². The van der Waals surface area contributed by atoms with Crippen LogP contribution < -0.4 is 5.32 Å². The summed E-state index contributed by atoms with van der Waals surface area (Å²) in [7, 11) is -3.86. The van der Waals surface area contributed by atoms with Crippen molar-refractivity contribution in [3.05, 3.63) is 17.9 Å². The van der Waals surface area contributed by atoms with E-state index >= 15 is 0 Å². The first kappa shape index (κ1) is 24.4. The summed E-state index contributed by atoms with van der Waals surface area (Å²) in [5, 5.41) is 2.71. The van der Waals surface area contributed by atoms with E-state index in [0.717, 1.165) is 13.1 Å². The normalized spacial score (nSPS) is 17.1. The van der Waals surface area contributed by atoms with Gasteiger partial charge in [0, 0.05) is 31.6 Å². The number of ether oxygens (including phenoxy) is 1. The zero-order valence-electron chi connectivity index (χ0n) is 18.2. The molecule has 1 N–H and O–H groups in total. The Morgan fingerprint density at radius 1 is 1.23 bits per heavy atom. The summed E-state index contributed by atoms with van der Waals surface area (Å²) in [6.45, 7) is 11.0. The van der Waals surface area contributed by atoms with E-state index in [9.17, 15) is 18.0 Å². The average molecular weight is 444 g/mol. The van der Waals surface area contributed by atoms with Crippen LogP contribution in [-0.2, 0) is 19.6 Å². The minimum atomic E-state index is -3.86. The van der Waals surface area contributed by atoms with Crippen LogP contribution in [0.15, 0.2) is 21.6 Å². The molecule has 1 aliphatic rings. The standard InChI is InChI=1S/C20H33N3O6S/c1-5-22(6-2)15(4)14-21-19(24)16-10-12-23(13-11-16)30(26,27)18-9-8-17(29-18)20(25)28-7-3/h8-9,15-16H,5-7,10-14H2,1-4H3,(H,21,24). The minimum absolute atomic E-state index is 0.0337. The molecule has 1 amide bonds. The molecular formula is C20H33N3O6S. The molecule has 1 aliphatic heterocycles. The third-order valence-electron chi connectivity index (χ3n) is 5.48. The topological polar surface area (TPSA) is 109 Å². The van der Waals surface area contributed by atoms with Gasteiger partial charge in [0.25, 0.3) is 10.0 Å². The number of carbonyl (C=O) groups is 2. The number of esters is 1. The fourth-order valence-corrected chi connectivity index (χ4v) is 5.01. The third-order valence-corrected chi connectivity index (χ3v) is 7.26. The first-order chi connectivity index (χ1) is 14.2. The molecule has 30 heavy (non-hydrogen) atoms. The predicted molar refractivity (Wildman–Crippen MR) is 112 cm³/mol. The number of furan rings is 1. The van der Waals surface area contributed by atoms with Crippen LogP contribution in [0, 0.1) is 5.92 Å². The van der Waals surface area contributed by atoms with Crippen LogP contribution in [-0.4, -0.2) is 74.9 Å². The van der Waals surface area contributed by atoms with Gasteiger partial charge >= 0.3 is 5.97 Å². The minimum Gasteiger partial charge on any atom is -0.460 e. The van der Waals surface area contributed by atoms with Gasteiger partial charge in [0.05, 0.1) is 6.61 Å². The highest BCUT2D eigenvalue weighted by Crippen LogP contribution is 2.25. The van der Waals surface area contributed by atoms with Crippen molar-refractivity contribution >= 4 is 21.9 Å². The lowest BCUT2D eigenvalue weighted by Gasteiger charge is -2.31. The highest BCUT2D eigenvalue weighted by Gasteiger charge is 2.34. The van der Waals surface area contributed by atoms with Gasteiger partial charge in [-0.1, -0.05) is 13.8 Å². The van der Waals surface area contributed by atoms with E-state index in [1.807, 2.05) is 0 Å². The molecule has 0 aromatic carbocycles. The highest BCUT2D eigenvalue weighted by molar-refractivity contribution is 7.89. The molecule has 2 rings (SSSR count). The molecule has 9 nitrogen and oxygen atoms in total. The van der Waals surface area contributed by atoms with Gasteiger partial charge in [0.1, 0.15) is 0 Å². The van der Waals surface area contributed by atoms with E-state index in [1.54, 1.807) is 6.92 Å². The molecule has 0 saturated carbocycles. The van der Waals surface area contributed by atoms with Gasteiger partial charge in [-0.3, -0.25) is 9.69 Å². The fraction of sp³-hybridized carbons (Fsp3) is 0.700. The zero-order valence-corrected chi connectivity index (χ0v) is 19.0. The van der Waals surface area contributed by atoms with Crippen LogP contribution in [0.25, 0.3) is 0 Å². The molecular weight excluding hydrogens is 410 g/mol. The summed E-state index contributed by atoms with van der Waals surface area (Å²) in [5.74, 6) is -1.10. The summed E-state index contributed by atoms with van der Waals surface area (Å²) >= 11 is 0. The predicted octanol–water partition coefficient (Wildman–Crippen LogP) is 1.70. The number of amides is 1. The number of hydrogen-bond acceptors (Lipinski definition) is 7. The molecule has 2 heterocycles. The Balaban J connectivity index is 1.90. The molecule has 0 radical (unpaired) electrons. The lowest BCUT2D eigenvalue weighted by atomic mass is 9.97. The van der Waals surface area contributed by atoms with Crippen molar-refractivity contribution in [3.63, 3.8) is 0 Å². The second-order valence-electron chi connectivity index (χ2n) is 7.33. The van der Waals surface area contributed by atoms with Crippen LogP contribution in [0.5, 0.6) is 0 Å². The molecule has 10 heteroatoms. The van der Waals surface area contributed by atoms with E-state index in [4.69, 9.17) is 9.15 Å². The van der Waals surface area contributed by atoms with Crippen LogP contribution in [0.4, 0.5) is 0 Å². The average Bonchev–Trinajstić information content (AvgIpc) is 3.24. The number of hydrogen-bond donors (Lipinski definition) is 1. The van der Waals surface area contributed by atoms with E-state index in [-0.39, 0.29) is 48.4 Å². The number of rotatable bonds is 10. The van der Waals surface area contributed by atoms with Gasteiger partial charge < -0.3 is 14.5 Å². The van der Waals surface area contributed by atoms with Gasteiger partial charge in [-0.2, -0.15) is 4.31 Å². The largest absolute Gasteiger partial charge is 0.460 e. The van der Waals surface area contributed by atoms with Crippen molar-refractivity contribution in [1.82, 2.24) is 14.5 Å². The van der Waals surface area contributed by atoms with Gasteiger partial charge in [0.15, 0.2) is 0 Å². The first-order valence-corrected chi connectivity index (χ1v) is 12.0. The molecule has 0 bridgehead atoms. The van der Waals surface area contributed by atoms with Crippen molar-refractivity contribution < 1.29 is 27.2 Å². The number of nitrogens with zero attached hydrogens (tertiary/aromatic N) is 2. The lowest BCUT2D eigenvalue weighted by molar-refractivity contribution is -0.126. The Hall–Kier alpha value is -1.91. The van der Waals surface area contributed by atoms with Crippen molar-refractivity contribution in [2.45, 2.75) is 51.7 Å². The number of likely N-dealkylation sites (N-methyl/N-ethyl adjacent to an activating group) is 1. The molecule has 1 fully saturated rings. The maximum absolute atomic E-state index is 12.8. The lowest BCUT2D eigenvalue weighted by Crippen LogP contribution is -2.46. The molecule has 1 atom stereocenters. The molecule has 170 valence electrons. The van der Waals surface area contributed by atoms with E-state index in [1.165, 1.54) is 16.4 Å². The van der Waals surface area contributed by atoms with Crippen LogP contribution in [0.3, 0.4) is 0 Å². The number of sulfonamides is 1. The molecule has 1 unspecified atom stereocenters. The second kappa shape index (κ2) is 10.9.